The molecule has 1 aliphatic heterocycles. The zero-order valence-electron chi connectivity index (χ0n) is 6.84. The van der Waals surface area contributed by atoms with E-state index in [4.69, 9.17) is 4.74 Å². The highest BCUT2D eigenvalue weighted by atomic mass is 19.3. The monoisotopic (exact) mass is 182 g/mol. The molecular formula is C10H8F2O. The van der Waals surface area contributed by atoms with Crippen LogP contribution in [0.4, 0.5) is 8.78 Å². The Bertz CT molecular complexity index is 335. The van der Waals surface area contributed by atoms with Crippen molar-refractivity contribution in [2.24, 2.45) is 0 Å². The van der Waals surface area contributed by atoms with Gasteiger partial charge in [0, 0.05) is 0 Å². The van der Waals surface area contributed by atoms with Crippen molar-refractivity contribution in [3.63, 3.8) is 0 Å². The van der Waals surface area contributed by atoms with Gasteiger partial charge < -0.3 is 4.74 Å². The van der Waals surface area contributed by atoms with Crippen molar-refractivity contribution >= 4 is 0 Å². The van der Waals surface area contributed by atoms with E-state index in [0.717, 1.165) is 5.57 Å². The lowest BCUT2D eigenvalue weighted by molar-refractivity contribution is 0.184. The van der Waals surface area contributed by atoms with Gasteiger partial charge in [-0.25, -0.2) is 8.78 Å². The summed E-state index contributed by atoms with van der Waals surface area (Å²) < 4.78 is 30.0. The Kier molecular flexibility index (Phi) is 2.00. The zero-order chi connectivity index (χ0) is 9.26. The van der Waals surface area contributed by atoms with E-state index in [1.165, 1.54) is 12.3 Å². The van der Waals surface area contributed by atoms with Gasteiger partial charge in [-0.05, 0) is 18.1 Å². The normalized spacial score (nSPS) is 20.1. The van der Waals surface area contributed by atoms with Crippen LogP contribution < -0.4 is 0 Å². The van der Waals surface area contributed by atoms with Crippen LogP contribution in [0.2, 0.25) is 0 Å². The quantitative estimate of drug-likeness (QED) is 0.605. The van der Waals surface area contributed by atoms with Gasteiger partial charge in [0.15, 0.2) is 0 Å². The Morgan fingerprint density at radius 3 is 3.00 bits per heavy atom. The molecule has 2 aliphatic rings. The van der Waals surface area contributed by atoms with Crippen LogP contribution in [0.3, 0.4) is 0 Å². The maximum absolute atomic E-state index is 12.5. The maximum Gasteiger partial charge on any atom is 0.267 e. The second-order valence-electron chi connectivity index (χ2n) is 2.83. The molecule has 0 saturated heterocycles. The van der Waals surface area contributed by atoms with E-state index in [1.807, 2.05) is 0 Å². The predicted molar refractivity (Wildman–Crippen MR) is 45.1 cm³/mol. The van der Waals surface area contributed by atoms with Crippen molar-refractivity contribution in [1.82, 2.24) is 0 Å². The summed E-state index contributed by atoms with van der Waals surface area (Å²) in [7, 11) is 0. The third-order valence-electron chi connectivity index (χ3n) is 1.99. The summed E-state index contributed by atoms with van der Waals surface area (Å²) in [6.07, 6.45) is 6.26. The highest BCUT2D eigenvalue weighted by Crippen LogP contribution is 2.31. The molecule has 1 aliphatic carbocycles. The van der Waals surface area contributed by atoms with Crippen LogP contribution in [0, 0.1) is 0 Å². The fourth-order valence-electron chi connectivity index (χ4n) is 1.39. The average Bonchev–Trinajstić information content (AvgIpc) is 2.17. The SMILES string of the molecule is FC(F)C1=C2OC=CC=C2CC=C1. The third kappa shape index (κ3) is 1.41. The highest BCUT2D eigenvalue weighted by Gasteiger charge is 2.22. The lowest BCUT2D eigenvalue weighted by Gasteiger charge is -2.19. The van der Waals surface area contributed by atoms with Crippen molar-refractivity contribution in [2.45, 2.75) is 12.8 Å². The molecule has 0 fully saturated rings. The van der Waals surface area contributed by atoms with Crippen molar-refractivity contribution in [3.05, 3.63) is 47.5 Å². The average molecular weight is 182 g/mol. The van der Waals surface area contributed by atoms with E-state index in [-0.39, 0.29) is 5.57 Å². The molecule has 1 nitrogen and oxygen atoms in total. The standard InChI is InChI=1S/C10H8F2O/c11-10(12)8-5-1-3-7-4-2-6-13-9(7)8/h1-2,4-6,10H,3H2. The largest absolute Gasteiger partial charge is 0.464 e. The Labute approximate surface area is 74.7 Å². The first kappa shape index (κ1) is 8.23. The van der Waals surface area contributed by atoms with Crippen LogP contribution in [0.5, 0.6) is 0 Å². The third-order valence-corrected chi connectivity index (χ3v) is 1.99. The fourth-order valence-corrected chi connectivity index (χ4v) is 1.39. The number of hydrogen-bond acceptors (Lipinski definition) is 1. The van der Waals surface area contributed by atoms with E-state index < -0.39 is 6.43 Å². The lowest BCUT2D eigenvalue weighted by Crippen LogP contribution is -2.08. The summed E-state index contributed by atoms with van der Waals surface area (Å²) in [6, 6.07) is 0. The molecule has 1 heterocycles. The molecule has 0 atom stereocenters. The van der Waals surface area contributed by atoms with Gasteiger partial charge in [-0.15, -0.1) is 0 Å². The van der Waals surface area contributed by atoms with Crippen LogP contribution in [-0.4, -0.2) is 6.43 Å². The van der Waals surface area contributed by atoms with Gasteiger partial charge in [0.25, 0.3) is 6.43 Å². The summed E-state index contributed by atoms with van der Waals surface area (Å²) in [5, 5.41) is 0. The number of alkyl halides is 2. The van der Waals surface area contributed by atoms with Gasteiger partial charge in [-0.2, -0.15) is 0 Å². The molecule has 0 spiro atoms. The molecule has 0 amide bonds. The van der Waals surface area contributed by atoms with Gasteiger partial charge in [-0.3, -0.25) is 0 Å². The smallest absolute Gasteiger partial charge is 0.267 e. The number of ether oxygens (including phenoxy) is 1. The summed E-state index contributed by atoms with van der Waals surface area (Å²) in [5.41, 5.74) is 0.794. The fraction of sp³-hybridized carbons (Fsp3) is 0.200. The van der Waals surface area contributed by atoms with Crippen molar-refractivity contribution in [1.29, 1.82) is 0 Å². The molecule has 0 bridgehead atoms. The molecular weight excluding hydrogens is 174 g/mol. The van der Waals surface area contributed by atoms with Gasteiger partial charge in [0.1, 0.15) is 5.76 Å². The van der Waals surface area contributed by atoms with Gasteiger partial charge in [0.05, 0.1) is 11.8 Å². The maximum atomic E-state index is 12.5. The van der Waals surface area contributed by atoms with Crippen molar-refractivity contribution in [3.8, 4) is 0 Å². The van der Waals surface area contributed by atoms with Crippen LogP contribution in [0.1, 0.15) is 6.42 Å². The number of rotatable bonds is 1. The molecule has 0 unspecified atom stereocenters. The predicted octanol–water partition coefficient (Wildman–Crippen LogP) is 2.94. The summed E-state index contributed by atoms with van der Waals surface area (Å²) in [5.74, 6) is 0.319. The van der Waals surface area contributed by atoms with Gasteiger partial charge in [0.2, 0.25) is 0 Å². The number of halogens is 2. The minimum absolute atomic E-state index is 0.0261. The second kappa shape index (κ2) is 3.17. The van der Waals surface area contributed by atoms with E-state index in [0.29, 0.717) is 12.2 Å². The van der Waals surface area contributed by atoms with Gasteiger partial charge in [-0.1, -0.05) is 18.2 Å². The molecule has 0 aromatic carbocycles. The first-order chi connectivity index (χ1) is 6.29. The molecule has 0 aromatic rings. The van der Waals surface area contributed by atoms with Crippen LogP contribution >= 0.6 is 0 Å². The minimum atomic E-state index is -2.47. The Hall–Kier alpha value is -1.38. The van der Waals surface area contributed by atoms with E-state index in [2.05, 4.69) is 0 Å². The van der Waals surface area contributed by atoms with E-state index in [9.17, 15) is 8.78 Å². The van der Waals surface area contributed by atoms with Crippen LogP contribution in [0.15, 0.2) is 47.5 Å². The number of hydrogen-bond donors (Lipinski definition) is 0. The van der Waals surface area contributed by atoms with Crippen LogP contribution in [-0.2, 0) is 4.74 Å². The minimum Gasteiger partial charge on any atom is -0.464 e. The van der Waals surface area contributed by atoms with E-state index >= 15 is 0 Å². The van der Waals surface area contributed by atoms with Crippen molar-refractivity contribution in [2.75, 3.05) is 0 Å². The Balaban J connectivity index is 2.43. The lowest BCUT2D eigenvalue weighted by atomic mass is 9.98. The van der Waals surface area contributed by atoms with Crippen LogP contribution in [0.25, 0.3) is 0 Å². The molecule has 0 N–H and O–H groups in total. The summed E-state index contributed by atoms with van der Waals surface area (Å²) in [4.78, 5) is 0. The highest BCUT2D eigenvalue weighted by molar-refractivity contribution is 5.45. The Morgan fingerprint density at radius 2 is 2.23 bits per heavy atom. The molecule has 0 saturated carbocycles. The number of fused-ring (bicyclic) bond motifs is 1. The topological polar surface area (TPSA) is 9.23 Å². The molecule has 13 heavy (non-hydrogen) atoms. The van der Waals surface area contributed by atoms with Gasteiger partial charge >= 0.3 is 0 Å². The molecule has 0 radical (unpaired) electrons. The first-order valence-corrected chi connectivity index (χ1v) is 4.00. The molecule has 3 heteroatoms. The molecule has 2 rings (SSSR count). The van der Waals surface area contributed by atoms with E-state index in [1.54, 1.807) is 18.2 Å². The summed E-state index contributed by atoms with van der Waals surface area (Å²) >= 11 is 0. The zero-order valence-corrected chi connectivity index (χ0v) is 6.84. The number of allylic oxidation sites excluding steroid dienone is 6. The molecule has 0 aromatic heterocycles. The van der Waals surface area contributed by atoms with Crippen molar-refractivity contribution < 1.29 is 13.5 Å². The molecule has 68 valence electrons. The Morgan fingerprint density at radius 1 is 1.38 bits per heavy atom. The first-order valence-electron chi connectivity index (χ1n) is 4.00. The second-order valence-corrected chi connectivity index (χ2v) is 2.83. The summed E-state index contributed by atoms with van der Waals surface area (Å²) in [6.45, 7) is 0.